The van der Waals surface area contributed by atoms with E-state index < -0.39 is 0 Å². The molecule has 1 aliphatic heterocycles. The minimum Gasteiger partial charge on any atom is -0.370 e. The van der Waals surface area contributed by atoms with E-state index in [1.165, 1.54) is 57.8 Å². The van der Waals surface area contributed by atoms with Crippen molar-refractivity contribution in [2.45, 2.75) is 91.1 Å². The summed E-state index contributed by atoms with van der Waals surface area (Å²) in [5, 5.41) is 0. The van der Waals surface area contributed by atoms with Gasteiger partial charge in [-0.15, -0.1) is 6.58 Å². The third kappa shape index (κ3) is 2.52. The van der Waals surface area contributed by atoms with Gasteiger partial charge in [0.05, 0.1) is 12.2 Å². The van der Waals surface area contributed by atoms with Crippen molar-refractivity contribution in [2.24, 2.45) is 52.3 Å². The van der Waals surface area contributed by atoms with Crippen LogP contribution in [0.1, 0.15) is 85.5 Å². The van der Waals surface area contributed by atoms with E-state index in [1.807, 2.05) is 0 Å². The Morgan fingerprint density at radius 2 is 1.74 bits per heavy atom. The standard InChI is InChI=1S/C26H42O/c1-6-18-14-22-20-10-12-24(4)21(8-9-23(24)25(5)16-27-25)19(20)11-13-26(22,7-2)15-17(18)3/h7,17-23H,2,6,8-16H2,1,3-5H3/t17-,18+,19-,20?,21?,22-,23+,24+,25?,26-/m1/s1. The molecule has 1 heterocycles. The highest BCUT2D eigenvalue weighted by Crippen LogP contribution is 2.69. The first-order valence-corrected chi connectivity index (χ1v) is 12.1. The molecule has 3 unspecified atom stereocenters. The molecule has 0 bridgehead atoms. The summed E-state index contributed by atoms with van der Waals surface area (Å²) in [5.74, 6) is 6.50. The van der Waals surface area contributed by atoms with E-state index in [2.05, 4.69) is 40.3 Å². The quantitative estimate of drug-likeness (QED) is 0.390. The van der Waals surface area contributed by atoms with E-state index in [0.29, 0.717) is 10.8 Å². The molecule has 5 fully saturated rings. The number of allylic oxidation sites excluding steroid dienone is 1. The first-order chi connectivity index (χ1) is 12.9. The highest BCUT2D eigenvalue weighted by Gasteiger charge is 2.64. The van der Waals surface area contributed by atoms with Gasteiger partial charge in [0.25, 0.3) is 0 Å². The van der Waals surface area contributed by atoms with Crippen LogP contribution < -0.4 is 0 Å². The lowest BCUT2D eigenvalue weighted by Crippen LogP contribution is -2.54. The van der Waals surface area contributed by atoms with Crippen molar-refractivity contribution in [2.75, 3.05) is 6.61 Å². The minimum atomic E-state index is 0.226. The maximum absolute atomic E-state index is 5.98. The van der Waals surface area contributed by atoms with Crippen LogP contribution in [0.15, 0.2) is 12.7 Å². The third-order valence-corrected chi connectivity index (χ3v) is 11.0. The summed E-state index contributed by atoms with van der Waals surface area (Å²) in [5.41, 5.74) is 1.24. The number of hydrogen-bond acceptors (Lipinski definition) is 1. The van der Waals surface area contributed by atoms with Crippen molar-refractivity contribution in [1.82, 2.24) is 0 Å². The van der Waals surface area contributed by atoms with Crippen LogP contribution >= 0.6 is 0 Å². The largest absolute Gasteiger partial charge is 0.370 e. The molecular formula is C26H42O. The zero-order valence-electron chi connectivity index (χ0n) is 18.3. The van der Waals surface area contributed by atoms with Crippen molar-refractivity contribution < 1.29 is 4.74 Å². The molecule has 4 saturated carbocycles. The fraction of sp³-hybridized carbons (Fsp3) is 0.923. The normalized spacial score (nSPS) is 59.5. The number of ether oxygens (including phenoxy) is 1. The number of hydrogen-bond donors (Lipinski definition) is 0. The smallest absolute Gasteiger partial charge is 0.0921 e. The van der Waals surface area contributed by atoms with Crippen LogP contribution in [0.5, 0.6) is 0 Å². The van der Waals surface area contributed by atoms with Gasteiger partial charge < -0.3 is 4.74 Å². The Bertz CT molecular complexity index is 605. The number of rotatable bonds is 3. The molecule has 1 saturated heterocycles. The maximum Gasteiger partial charge on any atom is 0.0921 e. The van der Waals surface area contributed by atoms with Crippen LogP contribution in [0.2, 0.25) is 0 Å². The number of fused-ring (bicyclic) bond motifs is 5. The lowest BCUT2D eigenvalue weighted by Gasteiger charge is -2.61. The van der Waals surface area contributed by atoms with Gasteiger partial charge in [0.1, 0.15) is 0 Å². The Hall–Kier alpha value is -0.300. The van der Waals surface area contributed by atoms with Gasteiger partial charge in [0, 0.05) is 0 Å². The molecular weight excluding hydrogens is 328 g/mol. The maximum atomic E-state index is 5.98. The highest BCUT2D eigenvalue weighted by atomic mass is 16.6. The van der Waals surface area contributed by atoms with E-state index in [9.17, 15) is 0 Å². The summed E-state index contributed by atoms with van der Waals surface area (Å²) in [6.07, 6.45) is 15.4. The average molecular weight is 371 g/mol. The fourth-order valence-electron chi connectivity index (χ4n) is 9.49. The average Bonchev–Trinajstić information content (AvgIpc) is 3.29. The topological polar surface area (TPSA) is 12.5 Å². The fourth-order valence-corrected chi connectivity index (χ4v) is 9.49. The van der Waals surface area contributed by atoms with Gasteiger partial charge in [-0.3, -0.25) is 0 Å². The molecule has 10 atom stereocenters. The molecule has 0 N–H and O–H groups in total. The van der Waals surface area contributed by atoms with Crippen molar-refractivity contribution in [3.05, 3.63) is 12.7 Å². The monoisotopic (exact) mass is 370 g/mol. The second kappa shape index (κ2) is 6.10. The second-order valence-electron chi connectivity index (χ2n) is 11.9. The first kappa shape index (κ1) is 18.7. The Balaban J connectivity index is 1.43. The van der Waals surface area contributed by atoms with Crippen molar-refractivity contribution in [3.63, 3.8) is 0 Å². The zero-order valence-corrected chi connectivity index (χ0v) is 18.3. The number of epoxide rings is 1. The van der Waals surface area contributed by atoms with E-state index in [4.69, 9.17) is 4.74 Å². The van der Waals surface area contributed by atoms with Crippen LogP contribution in [0.3, 0.4) is 0 Å². The first-order valence-electron chi connectivity index (χ1n) is 12.1. The summed E-state index contributed by atoms with van der Waals surface area (Å²) >= 11 is 0. The van der Waals surface area contributed by atoms with Crippen LogP contribution in [0.25, 0.3) is 0 Å². The Kier molecular flexibility index (Phi) is 4.23. The molecule has 0 spiro atoms. The van der Waals surface area contributed by atoms with Gasteiger partial charge >= 0.3 is 0 Å². The van der Waals surface area contributed by atoms with Crippen LogP contribution in [0, 0.1) is 52.3 Å². The second-order valence-corrected chi connectivity index (χ2v) is 11.9. The van der Waals surface area contributed by atoms with Crippen molar-refractivity contribution in [3.8, 4) is 0 Å². The predicted molar refractivity (Wildman–Crippen MR) is 112 cm³/mol. The van der Waals surface area contributed by atoms with Gasteiger partial charge in [0.15, 0.2) is 0 Å². The molecule has 0 amide bonds. The van der Waals surface area contributed by atoms with E-state index in [1.54, 1.807) is 0 Å². The summed E-state index contributed by atoms with van der Waals surface area (Å²) in [7, 11) is 0. The molecule has 27 heavy (non-hydrogen) atoms. The minimum absolute atomic E-state index is 0.226. The molecule has 5 aliphatic rings. The van der Waals surface area contributed by atoms with Gasteiger partial charge in [-0.25, -0.2) is 0 Å². The molecule has 0 radical (unpaired) electrons. The third-order valence-electron chi connectivity index (χ3n) is 11.0. The van der Waals surface area contributed by atoms with Gasteiger partial charge in [-0.1, -0.05) is 33.3 Å². The Morgan fingerprint density at radius 1 is 1.04 bits per heavy atom. The summed E-state index contributed by atoms with van der Waals surface area (Å²) < 4.78 is 5.98. The lowest BCUT2D eigenvalue weighted by molar-refractivity contribution is -0.108. The van der Waals surface area contributed by atoms with E-state index in [0.717, 1.165) is 48.0 Å². The summed E-state index contributed by atoms with van der Waals surface area (Å²) in [6.45, 7) is 15.4. The van der Waals surface area contributed by atoms with Crippen molar-refractivity contribution in [1.29, 1.82) is 0 Å². The van der Waals surface area contributed by atoms with E-state index in [-0.39, 0.29) is 5.60 Å². The molecule has 0 aromatic carbocycles. The Labute approximate surface area is 167 Å². The van der Waals surface area contributed by atoms with Crippen LogP contribution in [-0.4, -0.2) is 12.2 Å². The molecule has 0 aromatic rings. The predicted octanol–water partition coefficient (Wildman–Crippen LogP) is 6.87. The van der Waals surface area contributed by atoms with Crippen molar-refractivity contribution >= 4 is 0 Å². The molecule has 1 nitrogen and oxygen atoms in total. The molecule has 0 aromatic heterocycles. The van der Waals surface area contributed by atoms with Crippen LogP contribution in [-0.2, 0) is 4.74 Å². The van der Waals surface area contributed by atoms with Gasteiger partial charge in [0.2, 0.25) is 0 Å². The molecule has 152 valence electrons. The summed E-state index contributed by atoms with van der Waals surface area (Å²) in [6, 6.07) is 0. The Morgan fingerprint density at radius 3 is 2.41 bits per heavy atom. The van der Waals surface area contributed by atoms with Gasteiger partial charge in [-0.2, -0.15) is 0 Å². The van der Waals surface area contributed by atoms with Gasteiger partial charge in [-0.05, 0) is 111 Å². The molecule has 1 heteroatoms. The summed E-state index contributed by atoms with van der Waals surface area (Å²) in [4.78, 5) is 0. The molecule has 4 aliphatic carbocycles. The lowest BCUT2D eigenvalue weighted by atomic mass is 9.44. The van der Waals surface area contributed by atoms with Crippen LogP contribution in [0.4, 0.5) is 0 Å². The SMILES string of the molecule is C=C[C@]12CC[C@@H]3C(CC[C@@]4(C)C3CC[C@@H]4C3(C)CO3)[C@H]1C[C@H](CC)[C@H](C)C2. The molecule has 5 rings (SSSR count). The highest BCUT2D eigenvalue weighted by molar-refractivity contribution is 5.16. The zero-order chi connectivity index (χ0) is 19.0. The van der Waals surface area contributed by atoms with E-state index >= 15 is 0 Å².